The van der Waals surface area contributed by atoms with Crippen molar-refractivity contribution in [2.75, 3.05) is 19.8 Å². The topological polar surface area (TPSA) is 64.4 Å². The lowest BCUT2D eigenvalue weighted by atomic mass is 9.91. The molecule has 0 saturated carbocycles. The molecule has 0 aliphatic carbocycles. The van der Waals surface area contributed by atoms with E-state index in [9.17, 15) is 4.79 Å². The summed E-state index contributed by atoms with van der Waals surface area (Å²) in [6.07, 6.45) is 1.65. The van der Waals surface area contributed by atoms with Crippen LogP contribution in [0.5, 0.6) is 0 Å². The predicted octanol–water partition coefficient (Wildman–Crippen LogP) is 0.267. The highest BCUT2D eigenvalue weighted by molar-refractivity contribution is 5.77. The number of nitrogens with one attached hydrogen (secondary N) is 1. The molecule has 0 unspecified atom stereocenters. The largest absolute Gasteiger partial charge is 0.381 e. The summed E-state index contributed by atoms with van der Waals surface area (Å²) < 4.78 is 5.23. The third kappa shape index (κ3) is 3.27. The Morgan fingerprint density at radius 3 is 2.57 bits per heavy atom. The molecule has 14 heavy (non-hydrogen) atoms. The predicted molar refractivity (Wildman–Crippen MR) is 54.8 cm³/mol. The molecule has 0 aromatic heterocycles. The fourth-order valence-corrected chi connectivity index (χ4v) is 1.42. The van der Waals surface area contributed by atoms with Crippen molar-refractivity contribution in [1.82, 2.24) is 5.32 Å². The minimum absolute atomic E-state index is 0.0263. The number of nitrogens with two attached hydrogens (primary N) is 1. The molecule has 1 aliphatic rings. The molecule has 1 saturated heterocycles. The summed E-state index contributed by atoms with van der Waals surface area (Å²) >= 11 is 0. The molecule has 0 spiro atoms. The van der Waals surface area contributed by atoms with Crippen LogP contribution in [0.2, 0.25) is 0 Å². The van der Waals surface area contributed by atoms with E-state index in [2.05, 4.69) is 5.32 Å². The van der Waals surface area contributed by atoms with Gasteiger partial charge in [-0.3, -0.25) is 4.79 Å². The van der Waals surface area contributed by atoms with Gasteiger partial charge in [-0.2, -0.15) is 0 Å². The first-order valence-electron chi connectivity index (χ1n) is 5.18. The van der Waals surface area contributed by atoms with E-state index in [1.165, 1.54) is 0 Å². The number of hydrogen-bond acceptors (Lipinski definition) is 3. The minimum atomic E-state index is -0.261. The standard InChI is InChI=1S/C10H20N2O2/c1-8(2)9(13)12-7-10(11)3-5-14-6-4-10/h8H,3-7,11H2,1-2H3,(H,12,13). The third-order valence-electron chi connectivity index (χ3n) is 2.63. The van der Waals surface area contributed by atoms with Crippen LogP contribution in [0.4, 0.5) is 0 Å². The van der Waals surface area contributed by atoms with Gasteiger partial charge in [-0.25, -0.2) is 0 Å². The van der Waals surface area contributed by atoms with E-state index in [0.29, 0.717) is 19.8 Å². The lowest BCUT2D eigenvalue weighted by Crippen LogP contribution is -2.53. The van der Waals surface area contributed by atoms with Gasteiger partial charge in [0.05, 0.1) is 0 Å². The van der Waals surface area contributed by atoms with Gasteiger partial charge in [0.25, 0.3) is 0 Å². The van der Waals surface area contributed by atoms with Crippen molar-refractivity contribution in [3.63, 3.8) is 0 Å². The summed E-state index contributed by atoms with van der Waals surface area (Å²) in [7, 11) is 0. The van der Waals surface area contributed by atoms with Gasteiger partial charge in [0.2, 0.25) is 5.91 Å². The van der Waals surface area contributed by atoms with E-state index < -0.39 is 0 Å². The second-order valence-corrected chi connectivity index (χ2v) is 4.35. The lowest BCUT2D eigenvalue weighted by Gasteiger charge is -2.33. The van der Waals surface area contributed by atoms with E-state index in [0.717, 1.165) is 12.8 Å². The van der Waals surface area contributed by atoms with Crippen molar-refractivity contribution in [1.29, 1.82) is 0 Å². The van der Waals surface area contributed by atoms with Crippen LogP contribution in [0.15, 0.2) is 0 Å². The normalized spacial score (nSPS) is 20.9. The summed E-state index contributed by atoms with van der Waals surface area (Å²) in [5.41, 5.74) is 5.85. The molecular weight excluding hydrogens is 180 g/mol. The SMILES string of the molecule is CC(C)C(=O)NCC1(N)CCOCC1. The van der Waals surface area contributed by atoms with Crippen molar-refractivity contribution >= 4 is 5.91 Å². The molecule has 4 nitrogen and oxygen atoms in total. The molecule has 1 fully saturated rings. The summed E-state index contributed by atoms with van der Waals surface area (Å²) in [4.78, 5) is 11.3. The molecule has 0 bridgehead atoms. The lowest BCUT2D eigenvalue weighted by molar-refractivity contribution is -0.124. The first-order valence-corrected chi connectivity index (χ1v) is 5.18. The maximum Gasteiger partial charge on any atom is 0.222 e. The number of carbonyl (C=O) groups excluding carboxylic acids is 1. The molecule has 3 N–H and O–H groups in total. The smallest absolute Gasteiger partial charge is 0.222 e. The first kappa shape index (κ1) is 11.5. The molecule has 1 rings (SSSR count). The zero-order valence-corrected chi connectivity index (χ0v) is 9.01. The van der Waals surface area contributed by atoms with Crippen molar-refractivity contribution < 1.29 is 9.53 Å². The van der Waals surface area contributed by atoms with Crippen LogP contribution < -0.4 is 11.1 Å². The molecule has 0 aromatic carbocycles. The summed E-state index contributed by atoms with van der Waals surface area (Å²) in [6.45, 7) is 5.72. The highest BCUT2D eigenvalue weighted by atomic mass is 16.5. The van der Waals surface area contributed by atoms with Gasteiger partial charge >= 0.3 is 0 Å². The van der Waals surface area contributed by atoms with E-state index in [1.54, 1.807) is 0 Å². The van der Waals surface area contributed by atoms with Gasteiger partial charge in [0, 0.05) is 31.2 Å². The second kappa shape index (κ2) is 4.75. The van der Waals surface area contributed by atoms with Gasteiger partial charge < -0.3 is 15.8 Å². The summed E-state index contributed by atoms with van der Waals surface area (Å²) in [6, 6.07) is 0. The highest BCUT2D eigenvalue weighted by Gasteiger charge is 2.28. The van der Waals surface area contributed by atoms with Crippen LogP contribution in [0.3, 0.4) is 0 Å². The highest BCUT2D eigenvalue weighted by Crippen LogP contribution is 2.16. The Hall–Kier alpha value is -0.610. The molecule has 0 radical (unpaired) electrons. The molecule has 82 valence electrons. The van der Waals surface area contributed by atoms with Gasteiger partial charge in [0.1, 0.15) is 0 Å². The van der Waals surface area contributed by atoms with Gasteiger partial charge in [-0.15, -0.1) is 0 Å². The van der Waals surface area contributed by atoms with Gasteiger partial charge in [-0.05, 0) is 12.8 Å². The average Bonchev–Trinajstić information content (AvgIpc) is 2.15. The van der Waals surface area contributed by atoms with Crippen LogP contribution in [-0.4, -0.2) is 31.2 Å². The van der Waals surface area contributed by atoms with Crippen molar-refractivity contribution in [3.8, 4) is 0 Å². The Bertz CT molecular complexity index is 198. The number of hydrogen-bond donors (Lipinski definition) is 2. The number of carbonyl (C=O) groups is 1. The number of ether oxygens (including phenoxy) is 1. The number of rotatable bonds is 3. The second-order valence-electron chi connectivity index (χ2n) is 4.35. The van der Waals surface area contributed by atoms with Crippen LogP contribution in [0.1, 0.15) is 26.7 Å². The van der Waals surface area contributed by atoms with Crippen molar-refractivity contribution in [3.05, 3.63) is 0 Å². The number of amides is 1. The van der Waals surface area contributed by atoms with Gasteiger partial charge in [-0.1, -0.05) is 13.8 Å². The molecule has 4 heteroatoms. The molecule has 1 aliphatic heterocycles. The Morgan fingerprint density at radius 2 is 2.07 bits per heavy atom. The zero-order chi connectivity index (χ0) is 10.6. The fourth-order valence-electron chi connectivity index (χ4n) is 1.42. The monoisotopic (exact) mass is 200 g/mol. The maximum atomic E-state index is 11.3. The molecule has 1 amide bonds. The Morgan fingerprint density at radius 1 is 1.50 bits per heavy atom. The summed E-state index contributed by atoms with van der Waals surface area (Å²) in [5.74, 6) is 0.0970. The minimum Gasteiger partial charge on any atom is -0.381 e. The summed E-state index contributed by atoms with van der Waals surface area (Å²) in [5, 5.41) is 2.87. The van der Waals surface area contributed by atoms with Crippen LogP contribution in [-0.2, 0) is 9.53 Å². The third-order valence-corrected chi connectivity index (χ3v) is 2.63. The van der Waals surface area contributed by atoms with E-state index in [1.807, 2.05) is 13.8 Å². The van der Waals surface area contributed by atoms with Crippen molar-refractivity contribution in [2.24, 2.45) is 11.7 Å². The first-order chi connectivity index (χ1) is 6.53. The quantitative estimate of drug-likeness (QED) is 0.687. The molecule has 1 heterocycles. The Kier molecular flexibility index (Phi) is 3.89. The van der Waals surface area contributed by atoms with Crippen LogP contribution in [0, 0.1) is 5.92 Å². The van der Waals surface area contributed by atoms with Gasteiger partial charge in [0.15, 0.2) is 0 Å². The van der Waals surface area contributed by atoms with Crippen LogP contribution in [0.25, 0.3) is 0 Å². The van der Waals surface area contributed by atoms with E-state index in [4.69, 9.17) is 10.5 Å². The van der Waals surface area contributed by atoms with E-state index >= 15 is 0 Å². The van der Waals surface area contributed by atoms with Crippen LogP contribution >= 0.6 is 0 Å². The Balaban J connectivity index is 2.32. The Labute approximate surface area is 85.2 Å². The molecular formula is C10H20N2O2. The fraction of sp³-hybridized carbons (Fsp3) is 0.900. The van der Waals surface area contributed by atoms with E-state index in [-0.39, 0.29) is 17.4 Å². The maximum absolute atomic E-state index is 11.3. The average molecular weight is 200 g/mol. The van der Waals surface area contributed by atoms with Crippen molar-refractivity contribution in [2.45, 2.75) is 32.2 Å². The molecule has 0 aromatic rings. The zero-order valence-electron chi connectivity index (χ0n) is 9.01. The molecule has 0 atom stereocenters.